The second-order valence-corrected chi connectivity index (χ2v) is 6.44. The predicted octanol–water partition coefficient (Wildman–Crippen LogP) is 5.06. The van der Waals surface area contributed by atoms with Gasteiger partial charge in [-0.05, 0) is 44.5 Å². The van der Waals surface area contributed by atoms with Crippen molar-refractivity contribution in [2.75, 3.05) is 10.6 Å². The predicted molar refractivity (Wildman–Crippen MR) is 103 cm³/mol. The number of aryl methyl sites for hydroxylation is 1. The van der Waals surface area contributed by atoms with Gasteiger partial charge in [0.25, 0.3) is 0 Å². The topological polar surface area (TPSA) is 62.7 Å². The molecule has 0 saturated heterocycles. The molecule has 0 aliphatic heterocycles. The summed E-state index contributed by atoms with van der Waals surface area (Å²) in [5.74, 6) is 1.21. The van der Waals surface area contributed by atoms with Crippen LogP contribution in [0.5, 0.6) is 0 Å². The summed E-state index contributed by atoms with van der Waals surface area (Å²) in [6, 6.07) is 13.6. The lowest BCUT2D eigenvalue weighted by atomic mass is 10.2. The third kappa shape index (κ3) is 4.25. The van der Waals surface area contributed by atoms with Crippen LogP contribution in [0.15, 0.2) is 48.7 Å². The second kappa shape index (κ2) is 7.49. The van der Waals surface area contributed by atoms with Gasteiger partial charge in [-0.3, -0.25) is 4.98 Å². The summed E-state index contributed by atoms with van der Waals surface area (Å²) in [5.41, 5.74) is 3.41. The van der Waals surface area contributed by atoms with Crippen LogP contribution >= 0.6 is 11.6 Å². The lowest BCUT2D eigenvalue weighted by Gasteiger charge is -2.14. The van der Waals surface area contributed by atoms with E-state index in [0.717, 1.165) is 22.6 Å². The molecule has 0 aliphatic rings. The molecule has 2 N–H and O–H groups in total. The number of nitrogens with zero attached hydrogens (tertiary/aromatic N) is 3. The quantitative estimate of drug-likeness (QED) is 0.671. The average molecular weight is 354 g/mol. The standard InChI is InChI=1S/C19H20ClN5/c1-12(2)22-19-23-16(15-9-4-5-10-21-15)11-17(25-19)24-18-13(3)7-6-8-14(18)20/h4-12H,1-3H3,(H2,22,23,24,25). The van der Waals surface area contributed by atoms with E-state index < -0.39 is 0 Å². The number of anilines is 3. The molecule has 0 bridgehead atoms. The van der Waals surface area contributed by atoms with Crippen LogP contribution in [0.3, 0.4) is 0 Å². The fraction of sp³-hybridized carbons (Fsp3) is 0.211. The fourth-order valence-electron chi connectivity index (χ4n) is 2.40. The van der Waals surface area contributed by atoms with Gasteiger partial charge in [-0.2, -0.15) is 4.98 Å². The normalized spacial score (nSPS) is 10.8. The molecule has 0 unspecified atom stereocenters. The van der Waals surface area contributed by atoms with Crippen LogP contribution in [0, 0.1) is 6.92 Å². The summed E-state index contributed by atoms with van der Waals surface area (Å²) < 4.78 is 0. The first-order chi connectivity index (χ1) is 12.0. The summed E-state index contributed by atoms with van der Waals surface area (Å²) in [6.45, 7) is 6.09. The third-order valence-electron chi connectivity index (χ3n) is 3.55. The zero-order valence-corrected chi connectivity index (χ0v) is 15.2. The zero-order valence-electron chi connectivity index (χ0n) is 14.4. The maximum absolute atomic E-state index is 6.33. The minimum atomic E-state index is 0.217. The number of aromatic nitrogens is 3. The molecule has 0 saturated carbocycles. The number of halogens is 1. The Morgan fingerprint density at radius 3 is 2.52 bits per heavy atom. The first-order valence-corrected chi connectivity index (χ1v) is 8.50. The number of nitrogens with one attached hydrogen (secondary N) is 2. The number of hydrogen-bond donors (Lipinski definition) is 2. The van der Waals surface area contributed by atoms with Crippen molar-refractivity contribution in [1.82, 2.24) is 15.0 Å². The van der Waals surface area contributed by atoms with Gasteiger partial charge in [-0.25, -0.2) is 4.98 Å². The van der Waals surface area contributed by atoms with E-state index in [2.05, 4.69) is 25.6 Å². The first kappa shape index (κ1) is 17.2. The van der Waals surface area contributed by atoms with Crippen LogP contribution < -0.4 is 10.6 Å². The highest BCUT2D eigenvalue weighted by Gasteiger charge is 2.11. The van der Waals surface area contributed by atoms with E-state index in [1.807, 2.05) is 63.2 Å². The SMILES string of the molecule is Cc1cccc(Cl)c1Nc1cc(-c2ccccn2)nc(NC(C)C)n1. The molecule has 1 aromatic carbocycles. The molecule has 0 aliphatic carbocycles. The summed E-state index contributed by atoms with van der Waals surface area (Å²) in [4.78, 5) is 13.5. The van der Waals surface area contributed by atoms with Gasteiger partial charge in [-0.1, -0.05) is 29.8 Å². The monoisotopic (exact) mass is 353 g/mol. The molecule has 0 atom stereocenters. The van der Waals surface area contributed by atoms with Gasteiger partial charge < -0.3 is 10.6 Å². The number of pyridine rings is 1. The summed E-state index contributed by atoms with van der Waals surface area (Å²) in [6.07, 6.45) is 1.75. The third-order valence-corrected chi connectivity index (χ3v) is 3.86. The lowest BCUT2D eigenvalue weighted by Crippen LogP contribution is -2.13. The largest absolute Gasteiger partial charge is 0.352 e. The van der Waals surface area contributed by atoms with Crippen LogP contribution in [-0.2, 0) is 0 Å². The van der Waals surface area contributed by atoms with Gasteiger partial charge in [0.1, 0.15) is 5.82 Å². The van der Waals surface area contributed by atoms with Crippen molar-refractivity contribution in [3.8, 4) is 11.4 Å². The van der Waals surface area contributed by atoms with Crippen molar-refractivity contribution in [2.45, 2.75) is 26.8 Å². The molecule has 2 heterocycles. The average Bonchev–Trinajstić information content (AvgIpc) is 2.58. The van der Waals surface area contributed by atoms with Gasteiger partial charge >= 0.3 is 0 Å². The van der Waals surface area contributed by atoms with Gasteiger partial charge in [0.15, 0.2) is 0 Å². The van der Waals surface area contributed by atoms with Crippen LogP contribution in [-0.4, -0.2) is 21.0 Å². The van der Waals surface area contributed by atoms with Crippen molar-refractivity contribution in [2.24, 2.45) is 0 Å². The molecule has 0 fully saturated rings. The second-order valence-electron chi connectivity index (χ2n) is 6.03. The summed E-state index contributed by atoms with van der Waals surface area (Å²) in [7, 11) is 0. The highest BCUT2D eigenvalue weighted by molar-refractivity contribution is 6.33. The Hall–Kier alpha value is -2.66. The van der Waals surface area contributed by atoms with E-state index in [1.165, 1.54) is 0 Å². The number of benzene rings is 1. The molecule has 6 heteroatoms. The van der Waals surface area contributed by atoms with Gasteiger partial charge in [0.2, 0.25) is 5.95 Å². The van der Waals surface area contributed by atoms with Crippen LogP contribution in [0.1, 0.15) is 19.4 Å². The molecule has 5 nitrogen and oxygen atoms in total. The Morgan fingerprint density at radius 1 is 1.00 bits per heavy atom. The fourth-order valence-corrected chi connectivity index (χ4v) is 2.67. The minimum absolute atomic E-state index is 0.217. The Bertz CT molecular complexity index is 845. The van der Waals surface area contributed by atoms with E-state index in [4.69, 9.17) is 11.6 Å². The van der Waals surface area contributed by atoms with Gasteiger partial charge in [0.05, 0.1) is 22.1 Å². The molecule has 0 spiro atoms. The van der Waals surface area contributed by atoms with Crippen molar-refractivity contribution < 1.29 is 0 Å². The van der Waals surface area contributed by atoms with E-state index in [0.29, 0.717) is 16.8 Å². The molecule has 2 aromatic heterocycles. The van der Waals surface area contributed by atoms with E-state index in [9.17, 15) is 0 Å². The number of rotatable bonds is 5. The molecule has 128 valence electrons. The molecule has 0 radical (unpaired) electrons. The van der Waals surface area contributed by atoms with Crippen LogP contribution in [0.4, 0.5) is 17.5 Å². The summed E-state index contributed by atoms with van der Waals surface area (Å²) in [5, 5.41) is 7.21. The van der Waals surface area contributed by atoms with E-state index in [-0.39, 0.29) is 6.04 Å². The van der Waals surface area contributed by atoms with Crippen molar-refractivity contribution in [3.05, 3.63) is 59.2 Å². The molecule has 3 aromatic rings. The highest BCUT2D eigenvalue weighted by atomic mass is 35.5. The van der Waals surface area contributed by atoms with Gasteiger partial charge in [0, 0.05) is 18.3 Å². The van der Waals surface area contributed by atoms with Gasteiger partial charge in [-0.15, -0.1) is 0 Å². The minimum Gasteiger partial charge on any atom is -0.352 e. The first-order valence-electron chi connectivity index (χ1n) is 8.12. The van der Waals surface area contributed by atoms with Crippen LogP contribution in [0.25, 0.3) is 11.4 Å². The highest BCUT2D eigenvalue weighted by Crippen LogP contribution is 2.29. The van der Waals surface area contributed by atoms with E-state index >= 15 is 0 Å². The summed E-state index contributed by atoms with van der Waals surface area (Å²) >= 11 is 6.33. The molecule has 3 rings (SSSR count). The van der Waals surface area contributed by atoms with Crippen LogP contribution in [0.2, 0.25) is 5.02 Å². The maximum atomic E-state index is 6.33. The van der Waals surface area contributed by atoms with E-state index in [1.54, 1.807) is 6.20 Å². The number of para-hydroxylation sites is 1. The smallest absolute Gasteiger partial charge is 0.225 e. The molecular weight excluding hydrogens is 334 g/mol. The van der Waals surface area contributed by atoms with Crippen molar-refractivity contribution >= 4 is 29.1 Å². The maximum Gasteiger partial charge on any atom is 0.225 e. The Morgan fingerprint density at radius 2 is 1.84 bits per heavy atom. The lowest BCUT2D eigenvalue weighted by molar-refractivity contribution is 0.875. The van der Waals surface area contributed by atoms with Crippen molar-refractivity contribution in [3.63, 3.8) is 0 Å². The molecular formula is C19H20ClN5. The Balaban J connectivity index is 2.03. The molecule has 0 amide bonds. The number of hydrogen-bond acceptors (Lipinski definition) is 5. The Labute approximate surface area is 152 Å². The van der Waals surface area contributed by atoms with Crippen molar-refractivity contribution in [1.29, 1.82) is 0 Å². The molecule has 25 heavy (non-hydrogen) atoms. The zero-order chi connectivity index (χ0) is 17.8. The Kier molecular flexibility index (Phi) is 5.14.